The first-order chi connectivity index (χ1) is 10.8. The van der Waals surface area contributed by atoms with Crippen LogP contribution in [-0.2, 0) is 10.0 Å². The molecule has 0 radical (unpaired) electrons. The Kier molecular flexibility index (Phi) is 4.16. The number of anilines is 1. The largest absolute Gasteiger partial charge is 0.263 e. The third kappa shape index (κ3) is 3.11. The van der Waals surface area contributed by atoms with E-state index in [2.05, 4.69) is 30.0 Å². The fourth-order valence-electron chi connectivity index (χ4n) is 2.33. The van der Waals surface area contributed by atoms with Gasteiger partial charge in [-0.3, -0.25) is 4.72 Å². The van der Waals surface area contributed by atoms with Crippen LogP contribution in [0.25, 0.3) is 10.2 Å². The van der Waals surface area contributed by atoms with Gasteiger partial charge in [0.15, 0.2) is 5.82 Å². The molecule has 2 heterocycles. The highest BCUT2D eigenvalue weighted by Crippen LogP contribution is 2.30. The van der Waals surface area contributed by atoms with Gasteiger partial charge in [0.2, 0.25) is 0 Å². The molecule has 1 aromatic carbocycles. The van der Waals surface area contributed by atoms with Crippen LogP contribution in [0.2, 0.25) is 0 Å². The molecule has 0 unspecified atom stereocenters. The van der Waals surface area contributed by atoms with Gasteiger partial charge in [-0.25, -0.2) is 13.4 Å². The third-order valence-electron chi connectivity index (χ3n) is 3.44. The zero-order valence-corrected chi connectivity index (χ0v) is 15.9. The van der Waals surface area contributed by atoms with Gasteiger partial charge >= 0.3 is 0 Å². The van der Waals surface area contributed by atoms with Gasteiger partial charge < -0.3 is 0 Å². The molecule has 0 aliphatic carbocycles. The van der Waals surface area contributed by atoms with E-state index in [1.807, 2.05) is 26.8 Å². The number of aromatic nitrogens is 2. The Hall–Kier alpha value is -1.51. The van der Waals surface area contributed by atoms with Crippen LogP contribution in [0.4, 0.5) is 5.82 Å². The summed E-state index contributed by atoms with van der Waals surface area (Å²) in [6.45, 7) is 5.67. The molecule has 3 aromatic rings. The SMILES string of the molecule is Cc1cc(C)c2c(NS(=O)(=O)c3ccc(Br)c(C)c3)nsc2n1. The lowest BCUT2D eigenvalue weighted by Gasteiger charge is -2.08. The second-order valence-electron chi connectivity index (χ2n) is 5.31. The highest BCUT2D eigenvalue weighted by molar-refractivity contribution is 9.10. The Labute approximate surface area is 147 Å². The summed E-state index contributed by atoms with van der Waals surface area (Å²) in [5, 5.41) is 0.748. The van der Waals surface area contributed by atoms with Crippen LogP contribution >= 0.6 is 27.5 Å². The van der Waals surface area contributed by atoms with Crippen LogP contribution < -0.4 is 4.72 Å². The molecule has 0 atom stereocenters. The molecule has 2 aromatic heterocycles. The van der Waals surface area contributed by atoms with Gasteiger partial charge in [0.1, 0.15) is 4.83 Å². The minimum atomic E-state index is -3.70. The van der Waals surface area contributed by atoms with Crippen molar-refractivity contribution in [2.45, 2.75) is 25.7 Å². The highest BCUT2D eigenvalue weighted by atomic mass is 79.9. The molecule has 0 spiro atoms. The van der Waals surface area contributed by atoms with Crippen molar-refractivity contribution >= 4 is 53.5 Å². The Morgan fingerprint density at radius 3 is 2.57 bits per heavy atom. The molecule has 0 aliphatic heterocycles. The van der Waals surface area contributed by atoms with E-state index in [4.69, 9.17) is 0 Å². The number of nitrogens with zero attached hydrogens (tertiary/aromatic N) is 2. The average Bonchev–Trinajstić information content (AvgIpc) is 2.84. The smallest absolute Gasteiger partial charge is 0.262 e. The van der Waals surface area contributed by atoms with Crippen LogP contribution in [0.5, 0.6) is 0 Å². The number of nitrogens with one attached hydrogen (secondary N) is 1. The second-order valence-corrected chi connectivity index (χ2v) is 8.60. The van der Waals surface area contributed by atoms with Crippen molar-refractivity contribution in [3.05, 3.63) is 45.6 Å². The molecule has 0 bridgehead atoms. The monoisotopic (exact) mass is 411 g/mol. The summed E-state index contributed by atoms with van der Waals surface area (Å²) in [4.78, 5) is 5.34. The van der Waals surface area contributed by atoms with E-state index < -0.39 is 10.0 Å². The fourth-order valence-corrected chi connectivity index (χ4v) is 4.58. The molecule has 0 aliphatic rings. The van der Waals surface area contributed by atoms with Crippen molar-refractivity contribution in [1.82, 2.24) is 9.36 Å². The van der Waals surface area contributed by atoms with Gasteiger partial charge in [-0.2, -0.15) is 4.37 Å². The van der Waals surface area contributed by atoms with Crippen LogP contribution in [-0.4, -0.2) is 17.8 Å². The van der Waals surface area contributed by atoms with E-state index in [1.165, 1.54) is 11.5 Å². The predicted octanol–water partition coefficient (Wildman–Crippen LogP) is 4.18. The van der Waals surface area contributed by atoms with Gasteiger partial charge in [-0.15, -0.1) is 0 Å². The maximum Gasteiger partial charge on any atom is 0.263 e. The average molecular weight is 412 g/mol. The number of benzene rings is 1. The molecular weight excluding hydrogens is 398 g/mol. The predicted molar refractivity (Wildman–Crippen MR) is 96.6 cm³/mol. The Bertz CT molecular complexity index is 1010. The Morgan fingerprint density at radius 2 is 1.87 bits per heavy atom. The third-order valence-corrected chi connectivity index (χ3v) is 6.41. The van der Waals surface area contributed by atoms with Gasteiger partial charge in [-0.05, 0) is 67.7 Å². The molecule has 0 saturated heterocycles. The number of pyridine rings is 1. The molecule has 0 fully saturated rings. The van der Waals surface area contributed by atoms with Crippen molar-refractivity contribution in [2.24, 2.45) is 0 Å². The second kappa shape index (κ2) is 5.85. The lowest BCUT2D eigenvalue weighted by Crippen LogP contribution is -2.13. The first-order valence-electron chi connectivity index (χ1n) is 6.80. The molecule has 1 N–H and O–H groups in total. The van der Waals surface area contributed by atoms with E-state index in [9.17, 15) is 8.42 Å². The summed E-state index contributed by atoms with van der Waals surface area (Å²) in [6, 6.07) is 6.82. The van der Waals surface area contributed by atoms with Gasteiger partial charge in [0.25, 0.3) is 10.0 Å². The van der Waals surface area contributed by atoms with Crippen molar-refractivity contribution in [1.29, 1.82) is 0 Å². The van der Waals surface area contributed by atoms with Crippen molar-refractivity contribution in [2.75, 3.05) is 4.72 Å². The minimum absolute atomic E-state index is 0.206. The minimum Gasteiger partial charge on any atom is -0.262 e. The van der Waals surface area contributed by atoms with E-state index in [0.717, 1.165) is 31.5 Å². The van der Waals surface area contributed by atoms with Gasteiger partial charge in [-0.1, -0.05) is 15.9 Å². The lowest BCUT2D eigenvalue weighted by molar-refractivity contribution is 0.601. The quantitative estimate of drug-likeness (QED) is 0.701. The van der Waals surface area contributed by atoms with Crippen molar-refractivity contribution in [3.8, 4) is 0 Å². The molecule has 3 rings (SSSR count). The first-order valence-corrected chi connectivity index (χ1v) is 9.85. The number of halogens is 1. The summed E-state index contributed by atoms with van der Waals surface area (Å²) < 4.78 is 32.9. The summed E-state index contributed by atoms with van der Waals surface area (Å²) in [6.07, 6.45) is 0. The highest BCUT2D eigenvalue weighted by Gasteiger charge is 2.19. The van der Waals surface area contributed by atoms with E-state index in [0.29, 0.717) is 5.82 Å². The summed E-state index contributed by atoms with van der Waals surface area (Å²) in [5.41, 5.74) is 2.69. The van der Waals surface area contributed by atoms with Crippen LogP contribution in [0.15, 0.2) is 33.6 Å². The van der Waals surface area contributed by atoms with E-state index >= 15 is 0 Å². The number of hydrogen-bond donors (Lipinski definition) is 1. The van der Waals surface area contributed by atoms with Crippen LogP contribution in [0.1, 0.15) is 16.8 Å². The normalized spacial score (nSPS) is 11.8. The number of fused-ring (bicyclic) bond motifs is 1. The Balaban J connectivity index is 2.05. The summed E-state index contributed by atoms with van der Waals surface area (Å²) in [7, 11) is -3.70. The van der Waals surface area contributed by atoms with E-state index in [1.54, 1.807) is 18.2 Å². The molecule has 0 amide bonds. The molecule has 0 saturated carbocycles. The standard InChI is InChI=1S/C15H14BrN3O2S2/c1-8-7-11(4-5-12(8)16)23(20,21)19-14-13-9(2)6-10(3)17-15(13)22-18-14/h4-7H,1-3H3,(H,18,19). The van der Waals surface area contributed by atoms with Crippen molar-refractivity contribution < 1.29 is 8.42 Å². The molecule has 8 heteroatoms. The Morgan fingerprint density at radius 1 is 1.13 bits per heavy atom. The van der Waals surface area contributed by atoms with Crippen molar-refractivity contribution in [3.63, 3.8) is 0 Å². The first kappa shape index (κ1) is 16.4. The number of sulfonamides is 1. The van der Waals surface area contributed by atoms with Gasteiger partial charge in [0.05, 0.1) is 10.3 Å². The summed E-state index contributed by atoms with van der Waals surface area (Å²) >= 11 is 4.56. The molecular formula is C15H14BrN3O2S2. The molecule has 120 valence electrons. The zero-order valence-electron chi connectivity index (χ0n) is 12.7. The number of rotatable bonds is 3. The van der Waals surface area contributed by atoms with Gasteiger partial charge in [0, 0.05) is 10.2 Å². The molecule has 5 nitrogen and oxygen atoms in total. The maximum atomic E-state index is 12.6. The summed E-state index contributed by atoms with van der Waals surface area (Å²) in [5.74, 6) is 0.329. The fraction of sp³-hybridized carbons (Fsp3) is 0.200. The van der Waals surface area contributed by atoms with E-state index in [-0.39, 0.29) is 4.90 Å². The zero-order chi connectivity index (χ0) is 16.8. The topological polar surface area (TPSA) is 72.0 Å². The van der Waals surface area contributed by atoms with Crippen LogP contribution in [0.3, 0.4) is 0 Å². The molecule has 23 heavy (non-hydrogen) atoms. The lowest BCUT2D eigenvalue weighted by atomic mass is 10.2. The maximum absolute atomic E-state index is 12.6. The van der Waals surface area contributed by atoms with Crippen LogP contribution in [0, 0.1) is 20.8 Å². The number of aryl methyl sites for hydroxylation is 3. The number of hydrogen-bond acceptors (Lipinski definition) is 5.